The minimum atomic E-state index is -0.914. The van der Waals surface area contributed by atoms with E-state index in [1.54, 1.807) is 0 Å². The molecule has 0 spiro atoms. The smallest absolute Gasteiger partial charge is 0.241 e. The van der Waals surface area contributed by atoms with Crippen molar-refractivity contribution >= 4 is 11.8 Å². The zero-order valence-corrected chi connectivity index (χ0v) is 20.7. The van der Waals surface area contributed by atoms with Crippen molar-refractivity contribution in [3.63, 3.8) is 0 Å². The number of unbranched alkanes of at least 4 members (excludes halogenated alkanes) is 2. The highest BCUT2D eigenvalue weighted by Crippen LogP contribution is 2.42. The third-order valence-electron chi connectivity index (χ3n) is 7.41. The van der Waals surface area contributed by atoms with E-state index >= 15 is 0 Å². The minimum Gasteiger partial charge on any atom is -0.494 e. The highest BCUT2D eigenvalue weighted by Gasteiger charge is 2.57. The Morgan fingerprint density at radius 1 is 0.941 bits per heavy atom. The van der Waals surface area contributed by atoms with Crippen LogP contribution in [0.15, 0.2) is 24.3 Å². The number of hydrogen-bond donors (Lipinski definition) is 0. The van der Waals surface area contributed by atoms with Crippen LogP contribution in [0.2, 0.25) is 0 Å². The van der Waals surface area contributed by atoms with E-state index in [2.05, 4.69) is 16.7 Å². The molecule has 0 aromatic heterocycles. The zero-order valence-electron chi connectivity index (χ0n) is 20.7. The highest BCUT2D eigenvalue weighted by atomic mass is 16.5. The van der Waals surface area contributed by atoms with Crippen LogP contribution >= 0.6 is 0 Å². The lowest BCUT2D eigenvalue weighted by Crippen LogP contribution is -2.47. The molecule has 3 aliphatic rings. The van der Waals surface area contributed by atoms with Gasteiger partial charge >= 0.3 is 0 Å². The van der Waals surface area contributed by atoms with Gasteiger partial charge in [0.05, 0.1) is 51.0 Å². The molecule has 188 valence electrons. The molecule has 4 rings (SSSR count). The number of benzene rings is 1. The Morgan fingerprint density at radius 3 is 2.18 bits per heavy atom. The molecular formula is C26H39N3O5. The summed E-state index contributed by atoms with van der Waals surface area (Å²) >= 11 is 0. The Balaban J connectivity index is 1.55. The standard InChI is InChI=1S/C26H39N3O5/c1-3-4-5-14-34-22-8-6-21(7-9-22)26(2)23(19-27-10-15-32-16-11-27)24(30)29(25(26)31)20-28-12-17-33-18-13-28/h6-9,23H,3-5,10-20H2,1-2H3/t23-,26-/m0/s1. The highest BCUT2D eigenvalue weighted by molar-refractivity contribution is 6.10. The van der Waals surface area contributed by atoms with Gasteiger partial charge in [-0.05, 0) is 31.0 Å². The van der Waals surface area contributed by atoms with Crippen LogP contribution in [0.3, 0.4) is 0 Å². The summed E-state index contributed by atoms with van der Waals surface area (Å²) in [4.78, 5) is 33.4. The van der Waals surface area contributed by atoms with Gasteiger partial charge in [-0.15, -0.1) is 0 Å². The van der Waals surface area contributed by atoms with Gasteiger partial charge in [0.15, 0.2) is 0 Å². The summed E-state index contributed by atoms with van der Waals surface area (Å²) in [5, 5.41) is 0. The van der Waals surface area contributed by atoms with E-state index in [-0.39, 0.29) is 11.8 Å². The molecule has 3 aliphatic heterocycles. The normalized spacial score (nSPS) is 26.9. The predicted molar refractivity (Wildman–Crippen MR) is 129 cm³/mol. The molecule has 0 saturated carbocycles. The van der Waals surface area contributed by atoms with Crippen molar-refractivity contribution in [1.82, 2.24) is 14.7 Å². The quantitative estimate of drug-likeness (QED) is 0.381. The van der Waals surface area contributed by atoms with Gasteiger partial charge in [-0.25, -0.2) is 0 Å². The van der Waals surface area contributed by atoms with E-state index in [1.165, 1.54) is 4.90 Å². The summed E-state index contributed by atoms with van der Waals surface area (Å²) in [6, 6.07) is 7.79. The van der Waals surface area contributed by atoms with Crippen LogP contribution < -0.4 is 4.74 Å². The third kappa shape index (κ3) is 5.46. The number of carbonyl (C=O) groups excluding carboxylic acids is 2. The third-order valence-corrected chi connectivity index (χ3v) is 7.41. The number of amides is 2. The molecule has 0 unspecified atom stereocenters. The van der Waals surface area contributed by atoms with Crippen LogP contribution in [0.5, 0.6) is 5.75 Å². The maximum atomic E-state index is 13.9. The average Bonchev–Trinajstić information content (AvgIpc) is 3.05. The molecule has 2 amide bonds. The van der Waals surface area contributed by atoms with Crippen LogP contribution in [0.1, 0.15) is 38.7 Å². The fourth-order valence-corrected chi connectivity index (χ4v) is 5.11. The van der Waals surface area contributed by atoms with Crippen molar-refractivity contribution in [3.8, 4) is 5.75 Å². The van der Waals surface area contributed by atoms with E-state index in [0.717, 1.165) is 56.8 Å². The molecule has 0 N–H and O–H groups in total. The van der Waals surface area contributed by atoms with Crippen LogP contribution in [-0.4, -0.2) is 98.9 Å². The minimum absolute atomic E-state index is 0.0784. The van der Waals surface area contributed by atoms with Gasteiger partial charge in [0.2, 0.25) is 11.8 Å². The molecule has 8 nitrogen and oxygen atoms in total. The maximum absolute atomic E-state index is 13.9. The van der Waals surface area contributed by atoms with Gasteiger partial charge < -0.3 is 14.2 Å². The van der Waals surface area contributed by atoms with Crippen molar-refractivity contribution < 1.29 is 23.8 Å². The first-order valence-electron chi connectivity index (χ1n) is 12.7. The lowest BCUT2D eigenvalue weighted by molar-refractivity contribution is -0.143. The lowest BCUT2D eigenvalue weighted by atomic mass is 9.73. The Bertz CT molecular complexity index is 820. The Labute approximate surface area is 203 Å². The Morgan fingerprint density at radius 2 is 1.56 bits per heavy atom. The molecule has 3 heterocycles. The summed E-state index contributed by atoms with van der Waals surface area (Å²) in [6.07, 6.45) is 3.33. The second-order valence-electron chi connectivity index (χ2n) is 9.69. The summed E-state index contributed by atoms with van der Waals surface area (Å²) in [5.74, 6) is 0.176. The molecule has 3 saturated heterocycles. The van der Waals surface area contributed by atoms with Gasteiger partial charge in [-0.2, -0.15) is 0 Å². The Hall–Kier alpha value is -2.00. The SMILES string of the molecule is CCCCCOc1ccc([C@]2(C)C(=O)N(CN3CCOCC3)C(=O)[C@@H]2CN2CCOCC2)cc1. The summed E-state index contributed by atoms with van der Waals surface area (Å²) in [6.45, 7) is 11.3. The van der Waals surface area contributed by atoms with E-state index in [0.29, 0.717) is 46.2 Å². The Kier molecular flexibility index (Phi) is 8.58. The number of rotatable bonds is 10. The second kappa shape index (κ2) is 11.6. The van der Waals surface area contributed by atoms with Crippen LogP contribution in [0.25, 0.3) is 0 Å². The van der Waals surface area contributed by atoms with Crippen LogP contribution in [-0.2, 0) is 24.5 Å². The largest absolute Gasteiger partial charge is 0.494 e. The van der Waals surface area contributed by atoms with Crippen molar-refractivity contribution in [2.45, 2.75) is 38.5 Å². The molecule has 2 atom stereocenters. The summed E-state index contributed by atoms with van der Waals surface area (Å²) in [5.41, 5.74) is -0.0444. The number of likely N-dealkylation sites (tertiary alicyclic amines) is 1. The van der Waals surface area contributed by atoms with Gasteiger partial charge in [-0.3, -0.25) is 24.3 Å². The molecule has 34 heavy (non-hydrogen) atoms. The number of ether oxygens (including phenoxy) is 3. The fourth-order valence-electron chi connectivity index (χ4n) is 5.11. The van der Waals surface area contributed by atoms with Gasteiger partial charge in [0.25, 0.3) is 0 Å². The first kappa shape index (κ1) is 25.1. The van der Waals surface area contributed by atoms with E-state index in [1.807, 2.05) is 31.2 Å². The van der Waals surface area contributed by atoms with E-state index in [9.17, 15) is 9.59 Å². The molecule has 3 fully saturated rings. The van der Waals surface area contributed by atoms with E-state index in [4.69, 9.17) is 14.2 Å². The average molecular weight is 474 g/mol. The van der Waals surface area contributed by atoms with Gasteiger partial charge in [-0.1, -0.05) is 31.9 Å². The van der Waals surface area contributed by atoms with Crippen molar-refractivity contribution in [1.29, 1.82) is 0 Å². The zero-order chi connectivity index (χ0) is 24.0. The number of hydrogen-bond acceptors (Lipinski definition) is 7. The van der Waals surface area contributed by atoms with E-state index < -0.39 is 11.3 Å². The van der Waals surface area contributed by atoms with Gasteiger partial charge in [0, 0.05) is 32.7 Å². The van der Waals surface area contributed by atoms with Crippen molar-refractivity contribution in [2.75, 3.05) is 72.4 Å². The molecule has 8 heteroatoms. The van der Waals surface area contributed by atoms with Crippen molar-refractivity contribution in [2.24, 2.45) is 5.92 Å². The predicted octanol–water partition coefficient (Wildman–Crippen LogP) is 2.12. The molecule has 1 aromatic carbocycles. The van der Waals surface area contributed by atoms with Crippen LogP contribution in [0, 0.1) is 5.92 Å². The first-order valence-corrected chi connectivity index (χ1v) is 12.7. The van der Waals surface area contributed by atoms with Crippen molar-refractivity contribution in [3.05, 3.63) is 29.8 Å². The molecular weight excluding hydrogens is 434 g/mol. The summed E-state index contributed by atoms with van der Waals surface area (Å²) in [7, 11) is 0. The molecule has 1 aromatic rings. The number of nitrogens with zero attached hydrogens (tertiary/aromatic N) is 3. The van der Waals surface area contributed by atoms with Gasteiger partial charge in [0.1, 0.15) is 5.75 Å². The first-order chi connectivity index (χ1) is 16.5. The number of carbonyl (C=O) groups is 2. The number of imide groups is 1. The number of morpholine rings is 2. The second-order valence-corrected chi connectivity index (χ2v) is 9.69. The van der Waals surface area contributed by atoms with Crippen LogP contribution in [0.4, 0.5) is 0 Å². The topological polar surface area (TPSA) is 71.6 Å². The monoisotopic (exact) mass is 473 g/mol. The fraction of sp³-hybridized carbons (Fsp3) is 0.692. The molecule has 0 aliphatic carbocycles. The molecule has 0 bridgehead atoms. The lowest BCUT2D eigenvalue weighted by Gasteiger charge is -2.34. The maximum Gasteiger partial charge on any atom is 0.241 e. The molecule has 0 radical (unpaired) electrons. The summed E-state index contributed by atoms with van der Waals surface area (Å²) < 4.78 is 16.8.